The lowest BCUT2D eigenvalue weighted by Gasteiger charge is -2.29. The SMILES string of the molecule is O=c1ccc(-c2ccncc2)nn1C1CCC(Nc2nc3cc(F)ccc3o2)CC1. The lowest BCUT2D eigenvalue weighted by Crippen LogP contribution is -2.33. The van der Waals surface area contributed by atoms with Crippen molar-refractivity contribution in [2.75, 3.05) is 5.32 Å². The van der Waals surface area contributed by atoms with Gasteiger partial charge in [-0.15, -0.1) is 0 Å². The van der Waals surface area contributed by atoms with Crippen molar-refractivity contribution in [1.82, 2.24) is 19.7 Å². The fourth-order valence-electron chi connectivity index (χ4n) is 3.97. The summed E-state index contributed by atoms with van der Waals surface area (Å²) in [6.07, 6.45) is 6.77. The van der Waals surface area contributed by atoms with Crippen LogP contribution in [0.3, 0.4) is 0 Å². The number of nitrogens with one attached hydrogen (secondary N) is 1. The minimum absolute atomic E-state index is 0.0510. The molecule has 4 aromatic rings. The van der Waals surface area contributed by atoms with Crippen LogP contribution in [0.1, 0.15) is 31.7 Å². The van der Waals surface area contributed by atoms with Crippen molar-refractivity contribution in [3.8, 4) is 11.3 Å². The van der Waals surface area contributed by atoms with E-state index in [4.69, 9.17) is 4.42 Å². The molecule has 8 heteroatoms. The largest absolute Gasteiger partial charge is 0.424 e. The molecule has 0 bridgehead atoms. The molecule has 1 saturated carbocycles. The van der Waals surface area contributed by atoms with Crippen LogP contribution in [0.2, 0.25) is 0 Å². The zero-order chi connectivity index (χ0) is 20.5. The molecule has 3 heterocycles. The second kappa shape index (κ2) is 7.70. The zero-order valence-corrected chi connectivity index (χ0v) is 16.2. The van der Waals surface area contributed by atoms with E-state index in [2.05, 4.69) is 20.4 Å². The topological polar surface area (TPSA) is 85.8 Å². The first-order valence-electron chi connectivity index (χ1n) is 9.98. The molecule has 0 aliphatic heterocycles. The third kappa shape index (κ3) is 3.68. The molecule has 1 aliphatic rings. The monoisotopic (exact) mass is 405 g/mol. The third-order valence-corrected chi connectivity index (χ3v) is 5.52. The summed E-state index contributed by atoms with van der Waals surface area (Å²) in [6, 6.07) is 12.0. The highest BCUT2D eigenvalue weighted by Gasteiger charge is 2.25. The van der Waals surface area contributed by atoms with E-state index in [1.54, 1.807) is 35.3 Å². The highest BCUT2D eigenvalue weighted by molar-refractivity contribution is 5.74. The van der Waals surface area contributed by atoms with Crippen LogP contribution in [0.15, 0.2) is 64.1 Å². The van der Waals surface area contributed by atoms with Crippen molar-refractivity contribution in [1.29, 1.82) is 0 Å². The van der Waals surface area contributed by atoms with Gasteiger partial charge in [-0.1, -0.05) is 0 Å². The Labute approximate surface area is 171 Å². The molecule has 1 aromatic carbocycles. The second-order valence-corrected chi connectivity index (χ2v) is 7.52. The van der Waals surface area contributed by atoms with Gasteiger partial charge in [-0.05, 0) is 56.0 Å². The zero-order valence-electron chi connectivity index (χ0n) is 16.2. The van der Waals surface area contributed by atoms with Gasteiger partial charge in [-0.2, -0.15) is 10.1 Å². The van der Waals surface area contributed by atoms with E-state index in [9.17, 15) is 9.18 Å². The highest BCUT2D eigenvalue weighted by atomic mass is 19.1. The summed E-state index contributed by atoms with van der Waals surface area (Å²) in [5.41, 5.74) is 2.65. The van der Waals surface area contributed by atoms with E-state index in [0.717, 1.165) is 36.9 Å². The highest BCUT2D eigenvalue weighted by Crippen LogP contribution is 2.30. The Hall–Kier alpha value is -3.55. The number of oxazole rings is 1. The maximum atomic E-state index is 13.3. The van der Waals surface area contributed by atoms with Gasteiger partial charge in [0.1, 0.15) is 11.3 Å². The Balaban J connectivity index is 1.28. The minimum Gasteiger partial charge on any atom is -0.424 e. The van der Waals surface area contributed by atoms with Crippen LogP contribution in [0, 0.1) is 5.82 Å². The minimum atomic E-state index is -0.338. The summed E-state index contributed by atoms with van der Waals surface area (Å²) in [7, 11) is 0. The van der Waals surface area contributed by atoms with E-state index in [1.807, 2.05) is 12.1 Å². The first kappa shape index (κ1) is 18.5. The van der Waals surface area contributed by atoms with Crippen molar-refractivity contribution in [3.05, 3.63) is 71.0 Å². The van der Waals surface area contributed by atoms with Gasteiger partial charge in [0.05, 0.1) is 11.7 Å². The van der Waals surface area contributed by atoms with Gasteiger partial charge >= 0.3 is 0 Å². The summed E-state index contributed by atoms with van der Waals surface area (Å²) >= 11 is 0. The lowest BCUT2D eigenvalue weighted by atomic mass is 9.91. The fraction of sp³-hybridized carbons (Fsp3) is 0.273. The number of hydrogen-bond donors (Lipinski definition) is 1. The Morgan fingerprint density at radius 3 is 2.63 bits per heavy atom. The van der Waals surface area contributed by atoms with Crippen LogP contribution in [0.25, 0.3) is 22.4 Å². The van der Waals surface area contributed by atoms with Gasteiger partial charge in [0.2, 0.25) is 0 Å². The summed E-state index contributed by atoms with van der Waals surface area (Å²) in [4.78, 5) is 20.8. The molecule has 1 N–H and O–H groups in total. The van der Waals surface area contributed by atoms with Crippen LogP contribution in [0.5, 0.6) is 0 Å². The smallest absolute Gasteiger partial charge is 0.295 e. The number of halogens is 1. The van der Waals surface area contributed by atoms with Crippen LogP contribution < -0.4 is 10.9 Å². The van der Waals surface area contributed by atoms with E-state index in [1.165, 1.54) is 12.1 Å². The molecule has 7 nitrogen and oxygen atoms in total. The molecule has 152 valence electrons. The van der Waals surface area contributed by atoms with Gasteiger partial charge in [0.25, 0.3) is 11.6 Å². The molecule has 0 atom stereocenters. The van der Waals surface area contributed by atoms with Gasteiger partial charge in [0.15, 0.2) is 5.58 Å². The lowest BCUT2D eigenvalue weighted by molar-refractivity contribution is 0.302. The standard InChI is InChI=1S/C22H20FN5O2/c23-15-1-7-20-19(13-15)26-22(30-20)25-16-2-4-17(5-3-16)28-21(29)8-6-18(27-28)14-9-11-24-12-10-14/h1,6-13,16-17H,2-5H2,(H,25,26). The van der Waals surface area contributed by atoms with Crippen molar-refractivity contribution < 1.29 is 8.81 Å². The van der Waals surface area contributed by atoms with Gasteiger partial charge in [-0.25, -0.2) is 9.07 Å². The number of hydrogen-bond acceptors (Lipinski definition) is 6. The van der Waals surface area contributed by atoms with Crippen molar-refractivity contribution in [2.24, 2.45) is 0 Å². The van der Waals surface area contributed by atoms with Crippen molar-refractivity contribution in [2.45, 2.75) is 37.8 Å². The molecule has 1 aliphatic carbocycles. The second-order valence-electron chi connectivity index (χ2n) is 7.52. The number of aromatic nitrogens is 4. The van der Waals surface area contributed by atoms with Crippen LogP contribution in [-0.2, 0) is 0 Å². The molecule has 0 unspecified atom stereocenters. The molecular formula is C22H20FN5O2. The molecule has 5 rings (SSSR count). The van der Waals surface area contributed by atoms with Crippen LogP contribution >= 0.6 is 0 Å². The molecule has 0 amide bonds. The average Bonchev–Trinajstić information content (AvgIpc) is 3.17. The van der Waals surface area contributed by atoms with E-state index >= 15 is 0 Å². The van der Waals surface area contributed by atoms with Crippen LogP contribution in [0.4, 0.5) is 10.4 Å². The van der Waals surface area contributed by atoms with E-state index in [-0.39, 0.29) is 23.5 Å². The van der Waals surface area contributed by atoms with Gasteiger partial charge in [-0.3, -0.25) is 9.78 Å². The average molecular weight is 405 g/mol. The number of nitrogens with zero attached hydrogens (tertiary/aromatic N) is 4. The van der Waals surface area contributed by atoms with Gasteiger partial charge < -0.3 is 9.73 Å². The quantitative estimate of drug-likeness (QED) is 0.548. The Bertz CT molecular complexity index is 1230. The summed E-state index contributed by atoms with van der Waals surface area (Å²) in [5, 5.41) is 7.90. The van der Waals surface area contributed by atoms with Crippen LogP contribution in [-0.4, -0.2) is 25.8 Å². The van der Waals surface area contributed by atoms with Crippen molar-refractivity contribution >= 4 is 17.1 Å². The maximum absolute atomic E-state index is 13.3. The Morgan fingerprint density at radius 2 is 1.83 bits per heavy atom. The number of benzene rings is 1. The maximum Gasteiger partial charge on any atom is 0.295 e. The number of pyridine rings is 1. The predicted octanol–water partition coefficient (Wildman–Crippen LogP) is 4.18. The third-order valence-electron chi connectivity index (χ3n) is 5.52. The molecule has 0 saturated heterocycles. The first-order valence-corrected chi connectivity index (χ1v) is 9.98. The summed E-state index contributed by atoms with van der Waals surface area (Å²) in [5.74, 6) is -0.338. The number of anilines is 1. The number of fused-ring (bicyclic) bond motifs is 1. The molecular weight excluding hydrogens is 385 g/mol. The Kier molecular flexibility index (Phi) is 4.74. The van der Waals surface area contributed by atoms with E-state index < -0.39 is 0 Å². The molecule has 0 spiro atoms. The molecule has 3 aromatic heterocycles. The fourth-order valence-corrected chi connectivity index (χ4v) is 3.97. The number of rotatable bonds is 4. The first-order chi connectivity index (χ1) is 14.7. The normalized spacial score (nSPS) is 19.1. The predicted molar refractivity (Wildman–Crippen MR) is 111 cm³/mol. The Morgan fingerprint density at radius 1 is 1.03 bits per heavy atom. The molecule has 0 radical (unpaired) electrons. The molecule has 1 fully saturated rings. The van der Waals surface area contributed by atoms with Gasteiger partial charge in [0, 0.05) is 36.1 Å². The molecule has 30 heavy (non-hydrogen) atoms. The summed E-state index contributed by atoms with van der Waals surface area (Å²) in [6.45, 7) is 0. The summed E-state index contributed by atoms with van der Waals surface area (Å²) < 4.78 is 20.6. The van der Waals surface area contributed by atoms with E-state index in [0.29, 0.717) is 17.1 Å². The van der Waals surface area contributed by atoms with Crippen molar-refractivity contribution in [3.63, 3.8) is 0 Å².